The molecule has 136 valence electrons. The molecule has 0 atom stereocenters. The van der Waals surface area contributed by atoms with E-state index in [0.29, 0.717) is 34.4 Å². The van der Waals surface area contributed by atoms with Crippen LogP contribution in [0.1, 0.15) is 35.7 Å². The highest BCUT2D eigenvalue weighted by molar-refractivity contribution is 6.52. The largest absolute Gasteiger partial charge is 0.493 e. The fourth-order valence-corrected chi connectivity index (χ4v) is 3.04. The summed E-state index contributed by atoms with van der Waals surface area (Å²) in [7, 11) is 1.58. The number of rotatable bonds is 7. The Balaban J connectivity index is 1.83. The highest BCUT2D eigenvalue weighted by Gasteiger charge is 2.35. The molecule has 0 saturated heterocycles. The van der Waals surface area contributed by atoms with Gasteiger partial charge in [0.1, 0.15) is 0 Å². The number of Topliss-reactive ketones (excluding diaryl/α,β-unsaturated/α-hetero) is 1. The fourth-order valence-electron chi connectivity index (χ4n) is 2.87. The minimum Gasteiger partial charge on any atom is -0.493 e. The van der Waals surface area contributed by atoms with Crippen LogP contribution < -0.4 is 14.4 Å². The Labute approximate surface area is 157 Å². The second-order valence-electron chi connectivity index (χ2n) is 6.07. The Kier molecular flexibility index (Phi) is 5.47. The maximum Gasteiger partial charge on any atom is 0.299 e. The van der Waals surface area contributed by atoms with Crippen LogP contribution in [0.3, 0.4) is 0 Å². The number of carbonyl (C=O) groups is 2. The van der Waals surface area contributed by atoms with E-state index in [4.69, 9.17) is 21.1 Å². The van der Waals surface area contributed by atoms with Gasteiger partial charge >= 0.3 is 0 Å². The number of nitrogens with zero attached hydrogens (tertiary/aromatic N) is 1. The van der Waals surface area contributed by atoms with Gasteiger partial charge in [-0.2, -0.15) is 0 Å². The van der Waals surface area contributed by atoms with Crippen LogP contribution in [-0.4, -0.2) is 25.4 Å². The molecule has 1 aliphatic rings. The van der Waals surface area contributed by atoms with Gasteiger partial charge in [-0.3, -0.25) is 9.59 Å². The average molecular weight is 374 g/mol. The minimum absolute atomic E-state index is 0.269. The lowest BCUT2D eigenvalue weighted by molar-refractivity contribution is -0.114. The van der Waals surface area contributed by atoms with Crippen molar-refractivity contribution < 1.29 is 19.1 Å². The number of methoxy groups -OCH3 is 1. The lowest BCUT2D eigenvalue weighted by Crippen LogP contribution is -2.29. The van der Waals surface area contributed by atoms with Gasteiger partial charge in [0.2, 0.25) is 0 Å². The van der Waals surface area contributed by atoms with Gasteiger partial charge in [0.25, 0.3) is 11.7 Å². The van der Waals surface area contributed by atoms with Crippen molar-refractivity contribution in [3.8, 4) is 11.5 Å². The summed E-state index contributed by atoms with van der Waals surface area (Å²) in [5.74, 6) is 0.187. The van der Waals surface area contributed by atoms with E-state index in [1.54, 1.807) is 19.2 Å². The monoisotopic (exact) mass is 373 g/mol. The number of hydrogen-bond acceptors (Lipinski definition) is 4. The van der Waals surface area contributed by atoms with Crippen LogP contribution >= 0.6 is 11.6 Å². The molecule has 0 fully saturated rings. The number of carbonyl (C=O) groups excluding carboxylic acids is 2. The van der Waals surface area contributed by atoms with Gasteiger partial charge < -0.3 is 14.4 Å². The standard InChI is InChI=1S/C20H20ClNO4/c1-3-4-9-26-17-8-5-13(10-18(17)25-2)12-22-16-7-6-14(21)11-15(16)19(23)20(22)24/h5-8,10-11H,3-4,9,12H2,1-2H3. The Bertz CT molecular complexity index is 850. The fraction of sp³-hybridized carbons (Fsp3) is 0.300. The molecule has 0 radical (unpaired) electrons. The van der Waals surface area contributed by atoms with Gasteiger partial charge in [0, 0.05) is 5.02 Å². The summed E-state index contributed by atoms with van der Waals surface area (Å²) in [5.41, 5.74) is 1.76. The molecule has 1 heterocycles. The zero-order valence-electron chi connectivity index (χ0n) is 14.8. The third-order valence-electron chi connectivity index (χ3n) is 4.26. The normalized spacial score (nSPS) is 13.1. The average Bonchev–Trinajstić information content (AvgIpc) is 2.87. The maximum absolute atomic E-state index is 12.4. The first-order chi connectivity index (χ1) is 12.5. The zero-order valence-corrected chi connectivity index (χ0v) is 15.5. The van der Waals surface area contributed by atoms with Crippen molar-refractivity contribution in [2.45, 2.75) is 26.3 Å². The molecule has 26 heavy (non-hydrogen) atoms. The van der Waals surface area contributed by atoms with Gasteiger partial charge in [-0.15, -0.1) is 0 Å². The van der Waals surface area contributed by atoms with E-state index >= 15 is 0 Å². The van der Waals surface area contributed by atoms with Crippen LogP contribution in [-0.2, 0) is 11.3 Å². The molecule has 0 saturated carbocycles. The summed E-state index contributed by atoms with van der Waals surface area (Å²) in [6.07, 6.45) is 2.02. The van der Waals surface area contributed by atoms with Gasteiger partial charge in [-0.1, -0.05) is 31.0 Å². The van der Waals surface area contributed by atoms with Crippen molar-refractivity contribution in [1.82, 2.24) is 0 Å². The maximum atomic E-state index is 12.4. The number of ketones is 1. The Morgan fingerprint density at radius 2 is 1.88 bits per heavy atom. The molecule has 5 nitrogen and oxygen atoms in total. The smallest absolute Gasteiger partial charge is 0.299 e. The van der Waals surface area contributed by atoms with Gasteiger partial charge in [-0.25, -0.2) is 0 Å². The molecule has 1 amide bonds. The molecule has 6 heteroatoms. The lowest BCUT2D eigenvalue weighted by atomic mass is 10.1. The van der Waals surface area contributed by atoms with E-state index < -0.39 is 11.7 Å². The predicted molar refractivity (Wildman–Crippen MR) is 100 cm³/mol. The van der Waals surface area contributed by atoms with E-state index in [-0.39, 0.29) is 6.54 Å². The zero-order chi connectivity index (χ0) is 18.7. The second-order valence-corrected chi connectivity index (χ2v) is 6.51. The molecule has 2 aromatic carbocycles. The minimum atomic E-state index is -0.551. The third kappa shape index (κ3) is 3.53. The molecule has 2 aromatic rings. The van der Waals surface area contributed by atoms with E-state index in [0.717, 1.165) is 18.4 Å². The number of amides is 1. The van der Waals surface area contributed by atoms with Crippen LogP contribution in [0, 0.1) is 0 Å². The number of benzene rings is 2. The van der Waals surface area contributed by atoms with Crippen molar-refractivity contribution >= 4 is 29.0 Å². The Hall–Kier alpha value is -2.53. The first-order valence-electron chi connectivity index (χ1n) is 8.50. The number of anilines is 1. The number of fused-ring (bicyclic) bond motifs is 1. The molecule has 0 spiro atoms. The summed E-state index contributed by atoms with van der Waals surface area (Å²) in [6.45, 7) is 2.99. The molecule has 1 aliphatic heterocycles. The number of hydrogen-bond donors (Lipinski definition) is 0. The predicted octanol–water partition coefficient (Wildman–Crippen LogP) is 4.26. The summed E-state index contributed by atoms with van der Waals surface area (Å²) >= 11 is 5.94. The topological polar surface area (TPSA) is 55.8 Å². The van der Waals surface area contributed by atoms with Crippen LogP contribution in [0.2, 0.25) is 5.02 Å². The number of halogens is 1. The first-order valence-corrected chi connectivity index (χ1v) is 8.88. The number of ether oxygens (including phenoxy) is 2. The van der Waals surface area contributed by atoms with Crippen molar-refractivity contribution in [1.29, 1.82) is 0 Å². The molecule has 0 aromatic heterocycles. The summed E-state index contributed by atoms with van der Waals surface area (Å²) in [6, 6.07) is 10.4. The van der Waals surface area contributed by atoms with Crippen LogP contribution in [0.15, 0.2) is 36.4 Å². The second kappa shape index (κ2) is 7.79. The Morgan fingerprint density at radius 1 is 1.08 bits per heavy atom. The van der Waals surface area contributed by atoms with Crippen molar-refractivity contribution in [3.05, 3.63) is 52.5 Å². The summed E-state index contributed by atoms with van der Waals surface area (Å²) in [5, 5.41) is 0.432. The van der Waals surface area contributed by atoms with Crippen molar-refractivity contribution in [2.75, 3.05) is 18.6 Å². The summed E-state index contributed by atoms with van der Waals surface area (Å²) < 4.78 is 11.1. The van der Waals surface area contributed by atoms with Crippen molar-refractivity contribution in [2.24, 2.45) is 0 Å². The van der Waals surface area contributed by atoms with Crippen molar-refractivity contribution in [3.63, 3.8) is 0 Å². The van der Waals surface area contributed by atoms with E-state index in [1.807, 2.05) is 18.2 Å². The molecular weight excluding hydrogens is 354 g/mol. The molecule has 0 aliphatic carbocycles. The SMILES string of the molecule is CCCCOc1ccc(CN2C(=O)C(=O)c3cc(Cl)ccc32)cc1OC. The number of unbranched alkanes of at least 4 members (excludes halogenated alkanes) is 1. The Morgan fingerprint density at radius 3 is 2.62 bits per heavy atom. The van der Waals surface area contributed by atoms with E-state index in [9.17, 15) is 9.59 Å². The van der Waals surface area contributed by atoms with Crippen LogP contribution in [0.4, 0.5) is 5.69 Å². The third-order valence-corrected chi connectivity index (χ3v) is 4.49. The quantitative estimate of drug-likeness (QED) is 0.537. The van der Waals surface area contributed by atoms with Crippen LogP contribution in [0.5, 0.6) is 11.5 Å². The molecule has 0 unspecified atom stereocenters. The molecule has 0 bridgehead atoms. The lowest BCUT2D eigenvalue weighted by Gasteiger charge is -2.18. The summed E-state index contributed by atoms with van der Waals surface area (Å²) in [4.78, 5) is 26.0. The molecular formula is C20H20ClNO4. The molecule has 0 N–H and O–H groups in total. The van der Waals surface area contributed by atoms with Gasteiger partial charge in [0.05, 0.1) is 31.5 Å². The first kappa shape index (κ1) is 18.3. The molecule has 3 rings (SSSR count). The van der Waals surface area contributed by atoms with E-state index in [2.05, 4.69) is 6.92 Å². The van der Waals surface area contributed by atoms with Crippen LogP contribution in [0.25, 0.3) is 0 Å². The van der Waals surface area contributed by atoms with Gasteiger partial charge in [-0.05, 0) is 42.3 Å². The highest BCUT2D eigenvalue weighted by Crippen LogP contribution is 2.34. The van der Waals surface area contributed by atoms with Gasteiger partial charge in [0.15, 0.2) is 11.5 Å². The highest BCUT2D eigenvalue weighted by atomic mass is 35.5. The van der Waals surface area contributed by atoms with E-state index in [1.165, 1.54) is 11.0 Å².